The summed E-state index contributed by atoms with van der Waals surface area (Å²) in [7, 11) is 0. The molecular formula is C16H14O4. The van der Waals surface area contributed by atoms with Crippen molar-refractivity contribution in [2.45, 2.75) is 6.92 Å². The highest BCUT2D eigenvalue weighted by Gasteiger charge is 2.08. The average Bonchev–Trinajstić information content (AvgIpc) is 2.35. The minimum absolute atomic E-state index is 0.105. The predicted molar refractivity (Wildman–Crippen MR) is 76.0 cm³/mol. The molecule has 0 saturated heterocycles. The number of benzene rings is 2. The molecule has 0 fully saturated rings. The number of carbonyl (C=O) groups excluding carboxylic acids is 1. The Balaban J connectivity index is 2.24. The van der Waals surface area contributed by atoms with Gasteiger partial charge in [0.15, 0.2) is 5.78 Å². The van der Waals surface area contributed by atoms with Crippen LogP contribution in [0.3, 0.4) is 0 Å². The monoisotopic (exact) mass is 270 g/mol. The van der Waals surface area contributed by atoms with Gasteiger partial charge in [0.25, 0.3) is 0 Å². The van der Waals surface area contributed by atoms with Gasteiger partial charge in [-0.3, -0.25) is 4.79 Å². The quantitative estimate of drug-likeness (QED) is 0.592. The van der Waals surface area contributed by atoms with Crippen LogP contribution >= 0.6 is 0 Å². The first-order chi connectivity index (χ1) is 9.45. The zero-order valence-electron chi connectivity index (χ0n) is 10.9. The number of allylic oxidation sites excluding steroid dienone is 1. The smallest absolute Gasteiger partial charge is 0.189 e. The molecule has 0 amide bonds. The molecule has 2 aromatic rings. The molecule has 3 N–H and O–H groups in total. The highest BCUT2D eigenvalue weighted by Crippen LogP contribution is 2.23. The van der Waals surface area contributed by atoms with Crippen molar-refractivity contribution >= 4 is 11.9 Å². The second kappa shape index (κ2) is 5.48. The third-order valence-corrected chi connectivity index (χ3v) is 2.76. The van der Waals surface area contributed by atoms with E-state index in [0.717, 1.165) is 11.6 Å². The Morgan fingerprint density at radius 2 is 1.75 bits per heavy atom. The van der Waals surface area contributed by atoms with Gasteiger partial charge < -0.3 is 15.3 Å². The second-order valence-electron chi connectivity index (χ2n) is 4.50. The van der Waals surface area contributed by atoms with Crippen LogP contribution < -0.4 is 0 Å². The van der Waals surface area contributed by atoms with Crippen molar-refractivity contribution in [2.24, 2.45) is 0 Å². The largest absolute Gasteiger partial charge is 0.508 e. The Morgan fingerprint density at radius 1 is 1.00 bits per heavy atom. The molecule has 0 unspecified atom stereocenters. The Labute approximate surface area is 116 Å². The minimum Gasteiger partial charge on any atom is -0.508 e. The fourth-order valence-corrected chi connectivity index (χ4v) is 1.88. The molecule has 0 aliphatic heterocycles. The summed E-state index contributed by atoms with van der Waals surface area (Å²) >= 11 is 0. The van der Waals surface area contributed by atoms with Crippen LogP contribution in [0.1, 0.15) is 21.5 Å². The number of rotatable bonds is 3. The molecule has 0 heterocycles. The number of hydrogen-bond acceptors (Lipinski definition) is 4. The molecule has 0 aromatic heterocycles. The normalized spacial score (nSPS) is 10.8. The van der Waals surface area contributed by atoms with Gasteiger partial charge in [0.1, 0.15) is 17.2 Å². The van der Waals surface area contributed by atoms with Crippen LogP contribution in [-0.2, 0) is 0 Å². The highest BCUT2D eigenvalue weighted by molar-refractivity contribution is 6.08. The standard InChI is InChI=1S/C16H14O4/c1-10-6-11(8-13(18)7-10)2-5-15(19)14-4-3-12(17)9-16(14)20/h2-9,17-18,20H,1H3/b5-2+. The van der Waals surface area contributed by atoms with Gasteiger partial charge in [0, 0.05) is 6.07 Å². The lowest BCUT2D eigenvalue weighted by Gasteiger charge is -2.01. The first-order valence-electron chi connectivity index (χ1n) is 6.01. The molecule has 0 bridgehead atoms. The van der Waals surface area contributed by atoms with Crippen LogP contribution in [-0.4, -0.2) is 21.1 Å². The molecule has 0 atom stereocenters. The Kier molecular flexibility index (Phi) is 3.75. The Bertz CT molecular complexity index is 667. The van der Waals surface area contributed by atoms with Crippen molar-refractivity contribution in [3.8, 4) is 17.2 Å². The molecule has 4 heteroatoms. The van der Waals surface area contributed by atoms with Crippen molar-refractivity contribution in [3.63, 3.8) is 0 Å². The van der Waals surface area contributed by atoms with Crippen molar-refractivity contribution < 1.29 is 20.1 Å². The number of phenols is 3. The molecule has 20 heavy (non-hydrogen) atoms. The molecule has 0 aliphatic rings. The predicted octanol–water partition coefficient (Wildman–Crippen LogP) is 3.01. The number of phenolic OH excluding ortho intramolecular Hbond substituents is 3. The van der Waals surface area contributed by atoms with Crippen LogP contribution in [0.25, 0.3) is 6.08 Å². The summed E-state index contributed by atoms with van der Waals surface area (Å²) in [6.45, 7) is 1.84. The summed E-state index contributed by atoms with van der Waals surface area (Å²) in [6, 6.07) is 8.77. The summed E-state index contributed by atoms with van der Waals surface area (Å²) in [4.78, 5) is 11.9. The molecule has 0 aliphatic carbocycles. The summed E-state index contributed by atoms with van der Waals surface area (Å²) in [5, 5.41) is 28.2. The number of ketones is 1. The lowest BCUT2D eigenvalue weighted by molar-refractivity contribution is 0.104. The molecular weight excluding hydrogens is 256 g/mol. The molecule has 102 valence electrons. The molecule has 4 nitrogen and oxygen atoms in total. The van der Waals surface area contributed by atoms with Gasteiger partial charge >= 0.3 is 0 Å². The lowest BCUT2D eigenvalue weighted by Crippen LogP contribution is -1.94. The van der Waals surface area contributed by atoms with E-state index in [1.807, 2.05) is 13.0 Å². The van der Waals surface area contributed by atoms with Crippen LogP contribution in [0.15, 0.2) is 42.5 Å². The molecule has 0 saturated carbocycles. The average molecular weight is 270 g/mol. The molecule has 0 radical (unpaired) electrons. The van der Waals surface area contributed by atoms with E-state index in [2.05, 4.69) is 0 Å². The zero-order chi connectivity index (χ0) is 14.7. The summed E-state index contributed by atoms with van der Waals surface area (Å²) < 4.78 is 0. The van der Waals surface area contributed by atoms with E-state index in [0.29, 0.717) is 5.56 Å². The topological polar surface area (TPSA) is 77.8 Å². The summed E-state index contributed by atoms with van der Waals surface area (Å²) in [5.74, 6) is -0.633. The van der Waals surface area contributed by atoms with E-state index in [-0.39, 0.29) is 28.6 Å². The van der Waals surface area contributed by atoms with Crippen molar-refractivity contribution in [3.05, 3.63) is 59.2 Å². The van der Waals surface area contributed by atoms with E-state index in [1.165, 1.54) is 24.3 Å². The van der Waals surface area contributed by atoms with E-state index in [9.17, 15) is 20.1 Å². The van der Waals surface area contributed by atoms with Gasteiger partial charge in [-0.05, 0) is 48.4 Å². The van der Waals surface area contributed by atoms with Crippen molar-refractivity contribution in [1.29, 1.82) is 0 Å². The highest BCUT2D eigenvalue weighted by atomic mass is 16.3. The fourth-order valence-electron chi connectivity index (χ4n) is 1.88. The SMILES string of the molecule is Cc1cc(O)cc(/C=C/C(=O)c2ccc(O)cc2O)c1. The molecule has 0 spiro atoms. The van der Waals surface area contributed by atoms with E-state index in [4.69, 9.17) is 0 Å². The third-order valence-electron chi connectivity index (χ3n) is 2.76. The second-order valence-corrected chi connectivity index (χ2v) is 4.50. The third kappa shape index (κ3) is 3.17. The number of carbonyl (C=O) groups is 1. The summed E-state index contributed by atoms with van der Waals surface area (Å²) in [6.07, 6.45) is 2.86. The zero-order valence-corrected chi connectivity index (χ0v) is 10.9. The van der Waals surface area contributed by atoms with Crippen LogP contribution in [0.4, 0.5) is 0 Å². The Morgan fingerprint density at radius 3 is 2.40 bits per heavy atom. The van der Waals surface area contributed by atoms with Gasteiger partial charge in [-0.1, -0.05) is 12.1 Å². The van der Waals surface area contributed by atoms with Crippen molar-refractivity contribution in [2.75, 3.05) is 0 Å². The number of aromatic hydroxyl groups is 3. The molecule has 2 rings (SSSR count). The minimum atomic E-state index is -0.386. The summed E-state index contributed by atoms with van der Waals surface area (Å²) in [5.41, 5.74) is 1.68. The van der Waals surface area contributed by atoms with E-state index >= 15 is 0 Å². The molecule has 2 aromatic carbocycles. The van der Waals surface area contributed by atoms with Crippen LogP contribution in [0.2, 0.25) is 0 Å². The van der Waals surface area contributed by atoms with Gasteiger partial charge in [0.05, 0.1) is 5.56 Å². The van der Waals surface area contributed by atoms with Gasteiger partial charge in [0.2, 0.25) is 0 Å². The maximum absolute atomic E-state index is 11.9. The van der Waals surface area contributed by atoms with Gasteiger partial charge in [-0.25, -0.2) is 0 Å². The fraction of sp³-hybridized carbons (Fsp3) is 0.0625. The number of aryl methyl sites for hydroxylation is 1. The van der Waals surface area contributed by atoms with Crippen molar-refractivity contribution in [1.82, 2.24) is 0 Å². The Hall–Kier alpha value is -2.75. The van der Waals surface area contributed by atoms with E-state index in [1.54, 1.807) is 12.1 Å². The first-order valence-corrected chi connectivity index (χ1v) is 6.01. The van der Waals surface area contributed by atoms with Gasteiger partial charge in [-0.2, -0.15) is 0 Å². The van der Waals surface area contributed by atoms with Crippen LogP contribution in [0, 0.1) is 6.92 Å². The maximum atomic E-state index is 11.9. The van der Waals surface area contributed by atoms with Gasteiger partial charge in [-0.15, -0.1) is 0 Å². The lowest BCUT2D eigenvalue weighted by atomic mass is 10.1. The number of hydrogen-bond donors (Lipinski definition) is 3. The van der Waals surface area contributed by atoms with Crippen LogP contribution in [0.5, 0.6) is 17.2 Å². The maximum Gasteiger partial charge on any atom is 0.189 e. The first kappa shape index (κ1) is 13.7. The van der Waals surface area contributed by atoms with E-state index < -0.39 is 0 Å².